The third-order valence-corrected chi connectivity index (χ3v) is 4.26. The first kappa shape index (κ1) is 16.3. The van der Waals surface area contributed by atoms with E-state index in [2.05, 4.69) is 10.3 Å². The average molecular weight is 344 g/mol. The van der Waals surface area contributed by atoms with Gasteiger partial charge >= 0.3 is 0 Å². The molecule has 0 fully saturated rings. The fraction of sp³-hybridized carbons (Fsp3) is 0.222. The number of methoxy groups -OCH3 is 1. The van der Waals surface area contributed by atoms with Crippen LogP contribution in [-0.2, 0) is 18.3 Å². The Labute approximate surface area is 145 Å². The molecule has 24 heavy (non-hydrogen) atoms. The monoisotopic (exact) mass is 343 g/mol. The fourth-order valence-corrected chi connectivity index (χ4v) is 2.87. The number of fused-ring (bicyclic) bond motifs is 1. The van der Waals surface area contributed by atoms with Gasteiger partial charge in [0.05, 0.1) is 29.6 Å². The Balaban J connectivity index is 1.73. The molecule has 0 bridgehead atoms. The first-order valence-electron chi connectivity index (χ1n) is 7.53. The number of amides is 1. The number of hydrogen-bond acceptors (Lipinski definition) is 3. The number of benzene rings is 2. The summed E-state index contributed by atoms with van der Waals surface area (Å²) in [7, 11) is 3.53. The summed E-state index contributed by atoms with van der Waals surface area (Å²) < 4.78 is 7.13. The molecular weight excluding hydrogens is 326 g/mol. The van der Waals surface area contributed by atoms with Gasteiger partial charge in [0.15, 0.2) is 0 Å². The number of hydrogen-bond donors (Lipinski definition) is 1. The van der Waals surface area contributed by atoms with Gasteiger partial charge in [-0.3, -0.25) is 4.79 Å². The molecule has 3 rings (SSSR count). The summed E-state index contributed by atoms with van der Waals surface area (Å²) in [6.07, 6.45) is 0.273. The number of aromatic nitrogens is 2. The van der Waals surface area contributed by atoms with Crippen molar-refractivity contribution >= 4 is 34.2 Å². The topological polar surface area (TPSA) is 56.1 Å². The number of halogens is 1. The van der Waals surface area contributed by atoms with Gasteiger partial charge in [0.25, 0.3) is 0 Å². The van der Waals surface area contributed by atoms with Crippen LogP contribution in [-0.4, -0.2) is 22.6 Å². The number of nitrogens with one attached hydrogen (secondary N) is 1. The fourth-order valence-electron chi connectivity index (χ4n) is 2.61. The third-order valence-electron chi connectivity index (χ3n) is 3.97. The van der Waals surface area contributed by atoms with Gasteiger partial charge in [-0.1, -0.05) is 17.7 Å². The molecule has 2 aromatic carbocycles. The summed E-state index contributed by atoms with van der Waals surface area (Å²) in [5.41, 5.74) is 3.50. The average Bonchev–Trinajstić information content (AvgIpc) is 2.81. The number of anilines is 1. The van der Waals surface area contributed by atoms with Crippen LogP contribution in [0.2, 0.25) is 5.02 Å². The number of nitrogens with zero attached hydrogens (tertiary/aromatic N) is 2. The first-order valence-corrected chi connectivity index (χ1v) is 7.91. The Kier molecular flexibility index (Phi) is 4.44. The molecule has 1 N–H and O–H groups in total. The van der Waals surface area contributed by atoms with Crippen molar-refractivity contribution in [3.8, 4) is 5.75 Å². The number of aryl methyl sites for hydroxylation is 2. The number of carbonyl (C=O) groups excluding carboxylic acids is 1. The summed E-state index contributed by atoms with van der Waals surface area (Å²) in [6, 6.07) is 11.0. The van der Waals surface area contributed by atoms with Crippen molar-refractivity contribution in [2.24, 2.45) is 7.05 Å². The quantitative estimate of drug-likeness (QED) is 0.785. The summed E-state index contributed by atoms with van der Waals surface area (Å²) in [5, 5.41) is 3.30. The molecule has 1 amide bonds. The van der Waals surface area contributed by atoms with E-state index < -0.39 is 0 Å². The van der Waals surface area contributed by atoms with E-state index in [-0.39, 0.29) is 12.3 Å². The highest BCUT2D eigenvalue weighted by atomic mass is 35.5. The molecule has 0 atom stereocenters. The second kappa shape index (κ2) is 6.53. The Hall–Kier alpha value is -2.53. The molecule has 0 saturated carbocycles. The predicted molar refractivity (Wildman–Crippen MR) is 95.8 cm³/mol. The lowest BCUT2D eigenvalue weighted by atomic mass is 10.1. The zero-order chi connectivity index (χ0) is 17.3. The van der Waals surface area contributed by atoms with Crippen molar-refractivity contribution in [2.75, 3.05) is 12.4 Å². The van der Waals surface area contributed by atoms with E-state index in [1.807, 2.05) is 36.7 Å². The first-order chi connectivity index (χ1) is 11.5. The normalized spacial score (nSPS) is 10.8. The van der Waals surface area contributed by atoms with Gasteiger partial charge in [-0.15, -0.1) is 0 Å². The van der Waals surface area contributed by atoms with Crippen LogP contribution in [0, 0.1) is 6.92 Å². The minimum Gasteiger partial charge on any atom is -0.495 e. The summed E-state index contributed by atoms with van der Waals surface area (Å²) >= 11 is 6.07. The zero-order valence-corrected chi connectivity index (χ0v) is 14.5. The molecule has 3 aromatic rings. The van der Waals surface area contributed by atoms with Crippen molar-refractivity contribution in [2.45, 2.75) is 13.3 Å². The van der Waals surface area contributed by atoms with Crippen molar-refractivity contribution in [3.05, 3.63) is 52.8 Å². The lowest BCUT2D eigenvalue weighted by molar-refractivity contribution is -0.115. The van der Waals surface area contributed by atoms with Gasteiger partial charge < -0.3 is 14.6 Å². The van der Waals surface area contributed by atoms with Crippen molar-refractivity contribution in [1.82, 2.24) is 9.55 Å². The van der Waals surface area contributed by atoms with Crippen molar-refractivity contribution in [1.29, 1.82) is 0 Å². The minimum absolute atomic E-state index is 0.108. The SMILES string of the molecule is COc1ccc(NC(=O)Cc2ccc3c(c2)nc(C)n3C)cc1Cl. The Bertz CT molecular complexity index is 918. The highest BCUT2D eigenvalue weighted by Crippen LogP contribution is 2.27. The maximum absolute atomic E-state index is 12.2. The van der Waals surface area contributed by atoms with Crippen LogP contribution in [0.5, 0.6) is 5.75 Å². The lowest BCUT2D eigenvalue weighted by Crippen LogP contribution is -2.14. The van der Waals surface area contributed by atoms with Crippen LogP contribution in [0.25, 0.3) is 11.0 Å². The van der Waals surface area contributed by atoms with Gasteiger partial charge in [-0.2, -0.15) is 0 Å². The maximum Gasteiger partial charge on any atom is 0.228 e. The second-order valence-corrected chi connectivity index (χ2v) is 6.02. The molecule has 1 heterocycles. The molecule has 0 aliphatic carbocycles. The summed E-state index contributed by atoms with van der Waals surface area (Å²) in [4.78, 5) is 16.7. The van der Waals surface area contributed by atoms with Gasteiger partial charge in [-0.05, 0) is 42.8 Å². The Morgan fingerprint density at radius 3 is 2.79 bits per heavy atom. The van der Waals surface area contributed by atoms with E-state index in [0.717, 1.165) is 22.4 Å². The number of rotatable bonds is 4. The Morgan fingerprint density at radius 1 is 1.29 bits per heavy atom. The van der Waals surface area contributed by atoms with E-state index in [0.29, 0.717) is 16.5 Å². The molecular formula is C18H18ClN3O2. The molecule has 0 aliphatic rings. The van der Waals surface area contributed by atoms with Gasteiger partial charge in [-0.25, -0.2) is 4.98 Å². The van der Waals surface area contributed by atoms with E-state index in [1.165, 1.54) is 0 Å². The van der Waals surface area contributed by atoms with Crippen LogP contribution in [0.4, 0.5) is 5.69 Å². The third kappa shape index (κ3) is 3.21. The largest absolute Gasteiger partial charge is 0.495 e. The summed E-state index contributed by atoms with van der Waals surface area (Å²) in [6.45, 7) is 1.96. The molecule has 1 aromatic heterocycles. The van der Waals surface area contributed by atoms with E-state index in [9.17, 15) is 4.79 Å². The van der Waals surface area contributed by atoms with Crippen LogP contribution < -0.4 is 10.1 Å². The molecule has 5 nitrogen and oxygen atoms in total. The second-order valence-electron chi connectivity index (χ2n) is 5.62. The number of carbonyl (C=O) groups is 1. The van der Waals surface area contributed by atoms with Crippen LogP contribution >= 0.6 is 11.6 Å². The molecule has 124 valence electrons. The molecule has 0 aliphatic heterocycles. The Morgan fingerprint density at radius 2 is 2.08 bits per heavy atom. The summed E-state index contributed by atoms with van der Waals surface area (Å²) in [5.74, 6) is 1.41. The van der Waals surface area contributed by atoms with Crippen LogP contribution in [0.1, 0.15) is 11.4 Å². The van der Waals surface area contributed by atoms with E-state index in [1.54, 1.807) is 25.3 Å². The highest BCUT2D eigenvalue weighted by molar-refractivity contribution is 6.32. The smallest absolute Gasteiger partial charge is 0.228 e. The lowest BCUT2D eigenvalue weighted by Gasteiger charge is -2.08. The van der Waals surface area contributed by atoms with E-state index >= 15 is 0 Å². The number of imidazole rings is 1. The molecule has 0 radical (unpaired) electrons. The standard InChI is InChI=1S/C18H18ClN3O2/c1-11-20-15-8-12(4-6-16(15)22(11)2)9-18(23)21-13-5-7-17(24-3)14(19)10-13/h4-8,10H,9H2,1-3H3,(H,21,23). The van der Waals surface area contributed by atoms with Gasteiger partial charge in [0.1, 0.15) is 11.6 Å². The predicted octanol–water partition coefficient (Wildman–Crippen LogP) is 3.72. The van der Waals surface area contributed by atoms with Crippen molar-refractivity contribution in [3.63, 3.8) is 0 Å². The number of ether oxygens (including phenoxy) is 1. The highest BCUT2D eigenvalue weighted by Gasteiger charge is 2.09. The molecule has 6 heteroatoms. The molecule has 0 unspecified atom stereocenters. The maximum atomic E-state index is 12.2. The zero-order valence-electron chi connectivity index (χ0n) is 13.8. The van der Waals surface area contributed by atoms with Crippen molar-refractivity contribution < 1.29 is 9.53 Å². The van der Waals surface area contributed by atoms with E-state index in [4.69, 9.17) is 16.3 Å². The van der Waals surface area contributed by atoms with Crippen LogP contribution in [0.15, 0.2) is 36.4 Å². The van der Waals surface area contributed by atoms with Gasteiger partial charge in [0.2, 0.25) is 5.91 Å². The molecule has 0 saturated heterocycles. The molecule has 0 spiro atoms. The van der Waals surface area contributed by atoms with Crippen LogP contribution in [0.3, 0.4) is 0 Å². The minimum atomic E-state index is -0.108. The van der Waals surface area contributed by atoms with Gasteiger partial charge in [0, 0.05) is 12.7 Å².